The topological polar surface area (TPSA) is 41.6 Å². The van der Waals surface area contributed by atoms with Crippen molar-refractivity contribution in [2.75, 3.05) is 40.3 Å². The maximum absolute atomic E-state index is 12.8. The summed E-state index contributed by atoms with van der Waals surface area (Å²) >= 11 is 0. The first kappa shape index (κ1) is 21.9. The van der Waals surface area contributed by atoms with Crippen molar-refractivity contribution >= 4 is 5.91 Å². The highest BCUT2D eigenvalue weighted by Gasteiger charge is 2.36. The average Bonchev–Trinajstić information content (AvgIpc) is 2.72. The van der Waals surface area contributed by atoms with Crippen molar-refractivity contribution in [1.29, 1.82) is 0 Å². The fourth-order valence-electron chi connectivity index (χ4n) is 4.22. The Bertz CT molecular complexity index is 567. The zero-order valence-electron chi connectivity index (χ0n) is 17.7. The molecule has 1 atom stereocenters. The summed E-state index contributed by atoms with van der Waals surface area (Å²) < 4.78 is 5.72. The molecule has 0 aromatic heterocycles. The van der Waals surface area contributed by atoms with Gasteiger partial charge in [-0.1, -0.05) is 19.1 Å². The van der Waals surface area contributed by atoms with E-state index in [-0.39, 0.29) is 0 Å². The van der Waals surface area contributed by atoms with Crippen LogP contribution in [0.1, 0.15) is 51.5 Å². The zero-order chi connectivity index (χ0) is 19.7. The predicted molar refractivity (Wildman–Crippen MR) is 111 cm³/mol. The van der Waals surface area contributed by atoms with Crippen molar-refractivity contribution in [3.05, 3.63) is 29.8 Å². The van der Waals surface area contributed by atoms with E-state index in [1.807, 2.05) is 19.2 Å². The molecule has 1 saturated heterocycles. The van der Waals surface area contributed by atoms with Gasteiger partial charge in [-0.15, -0.1) is 0 Å². The number of amides is 1. The molecule has 1 N–H and O–H groups in total. The first-order valence-electron chi connectivity index (χ1n) is 10.5. The summed E-state index contributed by atoms with van der Waals surface area (Å²) in [5.74, 6) is 1.26. The van der Waals surface area contributed by atoms with Crippen LogP contribution in [0.3, 0.4) is 0 Å². The largest absolute Gasteiger partial charge is 0.497 e. The Kier molecular flexibility index (Phi) is 8.74. The lowest BCUT2D eigenvalue weighted by atomic mass is 10.0. The number of ether oxygens (including phenoxy) is 1. The number of likely N-dealkylation sites (N-methyl/N-ethyl adjacent to an activating group) is 1. The van der Waals surface area contributed by atoms with Gasteiger partial charge in [-0.05, 0) is 69.8 Å². The van der Waals surface area contributed by atoms with E-state index >= 15 is 0 Å². The SMILES string of the molecule is CCN(CCCC(=O)[N+]1(NC)CCCCC1)C(C)Cc1ccc(OC)cc1. The van der Waals surface area contributed by atoms with Crippen LogP contribution in [-0.4, -0.2) is 61.8 Å². The van der Waals surface area contributed by atoms with Gasteiger partial charge in [-0.25, -0.2) is 4.79 Å². The molecule has 1 aromatic carbocycles. The smallest absolute Gasteiger partial charge is 0.332 e. The summed E-state index contributed by atoms with van der Waals surface area (Å²) in [7, 11) is 3.63. The van der Waals surface area contributed by atoms with Crippen molar-refractivity contribution in [2.45, 2.75) is 58.4 Å². The standard InChI is InChI=1S/C22H38N3O2/c1-5-24(19(2)18-20-11-13-21(27-4)14-12-20)15-9-10-22(26)25(23-3)16-7-6-8-17-25/h11-14,19,23H,5-10,15-18H2,1-4H3/q+1. The molecule has 0 spiro atoms. The molecular weight excluding hydrogens is 338 g/mol. The van der Waals surface area contributed by atoms with E-state index < -0.39 is 0 Å². The molecule has 1 aromatic rings. The van der Waals surface area contributed by atoms with E-state index in [4.69, 9.17) is 4.74 Å². The van der Waals surface area contributed by atoms with Crippen LogP contribution in [-0.2, 0) is 11.2 Å². The van der Waals surface area contributed by atoms with Gasteiger partial charge < -0.3 is 9.64 Å². The Hall–Kier alpha value is -1.43. The van der Waals surface area contributed by atoms with Crippen molar-refractivity contribution in [3.63, 3.8) is 0 Å². The van der Waals surface area contributed by atoms with Crippen molar-refractivity contribution < 1.29 is 14.1 Å². The number of methoxy groups -OCH3 is 1. The highest BCUT2D eigenvalue weighted by atomic mass is 16.5. The summed E-state index contributed by atoms with van der Waals surface area (Å²) in [6.07, 6.45) is 6.15. The number of nitrogens with one attached hydrogen (secondary N) is 1. The number of hydrogen-bond donors (Lipinski definition) is 1. The molecule has 0 saturated carbocycles. The molecule has 2 rings (SSSR count). The van der Waals surface area contributed by atoms with E-state index in [1.165, 1.54) is 12.0 Å². The number of piperidine rings is 1. The second kappa shape index (κ2) is 10.8. The molecule has 0 bridgehead atoms. The Morgan fingerprint density at radius 3 is 2.44 bits per heavy atom. The highest BCUT2D eigenvalue weighted by molar-refractivity contribution is 5.68. The van der Waals surface area contributed by atoms with Crippen molar-refractivity contribution in [3.8, 4) is 5.75 Å². The molecular formula is C22H38N3O2+. The number of hydrogen-bond acceptors (Lipinski definition) is 4. The molecule has 1 amide bonds. The molecule has 1 heterocycles. The lowest BCUT2D eigenvalue weighted by molar-refractivity contribution is -0.901. The van der Waals surface area contributed by atoms with Crippen LogP contribution >= 0.6 is 0 Å². The van der Waals surface area contributed by atoms with Gasteiger partial charge in [0.2, 0.25) is 0 Å². The molecule has 1 aliphatic heterocycles. The molecule has 5 nitrogen and oxygen atoms in total. The van der Waals surface area contributed by atoms with Crippen LogP contribution in [0.4, 0.5) is 0 Å². The van der Waals surface area contributed by atoms with E-state index in [0.29, 0.717) is 23.0 Å². The van der Waals surface area contributed by atoms with Gasteiger partial charge in [-0.3, -0.25) is 0 Å². The van der Waals surface area contributed by atoms with Gasteiger partial charge in [-0.2, -0.15) is 10.0 Å². The van der Waals surface area contributed by atoms with Crippen molar-refractivity contribution in [1.82, 2.24) is 10.3 Å². The first-order chi connectivity index (χ1) is 13.0. The summed E-state index contributed by atoms with van der Waals surface area (Å²) in [5.41, 5.74) is 4.62. The van der Waals surface area contributed by atoms with E-state index in [1.54, 1.807) is 7.11 Å². The third kappa shape index (κ3) is 6.03. The van der Waals surface area contributed by atoms with Gasteiger partial charge >= 0.3 is 5.91 Å². The molecule has 1 aliphatic rings. The van der Waals surface area contributed by atoms with Gasteiger partial charge in [0.05, 0.1) is 13.5 Å². The second-order valence-corrected chi connectivity index (χ2v) is 7.73. The first-order valence-corrected chi connectivity index (χ1v) is 10.5. The average molecular weight is 377 g/mol. The van der Waals surface area contributed by atoms with Crippen LogP contribution in [0, 0.1) is 0 Å². The number of carbonyl (C=O) groups is 1. The monoisotopic (exact) mass is 376 g/mol. The van der Waals surface area contributed by atoms with E-state index in [2.05, 4.69) is 36.3 Å². The van der Waals surface area contributed by atoms with Gasteiger partial charge in [0.25, 0.3) is 0 Å². The lowest BCUT2D eigenvalue weighted by Crippen LogP contribution is -2.62. The summed E-state index contributed by atoms with van der Waals surface area (Å²) in [5, 5.41) is 0. The van der Waals surface area contributed by atoms with Crippen LogP contribution in [0.2, 0.25) is 0 Å². The Labute approximate surface area is 165 Å². The van der Waals surface area contributed by atoms with Gasteiger partial charge in [0.1, 0.15) is 18.8 Å². The number of benzene rings is 1. The van der Waals surface area contributed by atoms with Crippen LogP contribution in [0.5, 0.6) is 5.75 Å². The highest BCUT2D eigenvalue weighted by Crippen LogP contribution is 2.19. The number of quaternary nitrogens is 1. The Morgan fingerprint density at radius 2 is 1.89 bits per heavy atom. The molecule has 152 valence electrons. The third-order valence-electron chi connectivity index (χ3n) is 6.04. The minimum atomic E-state index is 0.357. The molecule has 1 unspecified atom stereocenters. The summed E-state index contributed by atoms with van der Waals surface area (Å²) in [4.78, 5) is 15.3. The maximum atomic E-state index is 12.8. The summed E-state index contributed by atoms with van der Waals surface area (Å²) in [6, 6.07) is 8.79. The molecule has 1 fully saturated rings. The Morgan fingerprint density at radius 1 is 1.22 bits per heavy atom. The number of carbonyl (C=O) groups excluding carboxylic acids is 1. The Balaban J connectivity index is 1.82. The van der Waals surface area contributed by atoms with Crippen LogP contribution in [0.15, 0.2) is 24.3 Å². The van der Waals surface area contributed by atoms with E-state index in [0.717, 1.165) is 57.6 Å². The molecule has 5 heteroatoms. The van der Waals surface area contributed by atoms with E-state index in [9.17, 15) is 4.79 Å². The van der Waals surface area contributed by atoms with Crippen LogP contribution < -0.4 is 10.2 Å². The van der Waals surface area contributed by atoms with Crippen molar-refractivity contribution in [2.24, 2.45) is 0 Å². The number of likely N-dealkylation sites (tertiary alicyclic amines) is 1. The fourth-order valence-corrected chi connectivity index (χ4v) is 4.22. The quantitative estimate of drug-likeness (QED) is 0.636. The molecule has 27 heavy (non-hydrogen) atoms. The number of nitrogens with zero attached hydrogens (tertiary/aromatic N) is 2. The maximum Gasteiger partial charge on any atom is 0.332 e. The normalized spacial score (nSPS) is 17.7. The summed E-state index contributed by atoms with van der Waals surface area (Å²) in [6.45, 7) is 8.36. The molecule has 0 radical (unpaired) electrons. The minimum absolute atomic E-state index is 0.357. The molecule has 0 aliphatic carbocycles. The lowest BCUT2D eigenvalue weighted by Gasteiger charge is -2.37. The third-order valence-corrected chi connectivity index (χ3v) is 6.04. The van der Waals surface area contributed by atoms with Gasteiger partial charge in [0, 0.05) is 13.1 Å². The van der Waals surface area contributed by atoms with Gasteiger partial charge in [0.15, 0.2) is 0 Å². The second-order valence-electron chi connectivity index (χ2n) is 7.73. The van der Waals surface area contributed by atoms with Crippen LogP contribution in [0.25, 0.3) is 0 Å². The number of rotatable bonds is 10. The fraction of sp³-hybridized carbons (Fsp3) is 0.682. The predicted octanol–water partition coefficient (Wildman–Crippen LogP) is 3.39. The zero-order valence-corrected chi connectivity index (χ0v) is 17.7. The minimum Gasteiger partial charge on any atom is -0.497 e.